The molecule has 1 saturated carbocycles. The van der Waals surface area contributed by atoms with E-state index in [2.05, 4.69) is 29.6 Å². The van der Waals surface area contributed by atoms with Gasteiger partial charge in [-0.1, -0.05) is 55.0 Å². The van der Waals surface area contributed by atoms with Gasteiger partial charge in [0.25, 0.3) is 0 Å². The molecular formula is C28H34N2O5. The third kappa shape index (κ3) is 5.66. The van der Waals surface area contributed by atoms with E-state index in [4.69, 9.17) is 9.84 Å². The van der Waals surface area contributed by atoms with Crippen LogP contribution >= 0.6 is 0 Å². The van der Waals surface area contributed by atoms with Crippen molar-refractivity contribution in [3.63, 3.8) is 0 Å². The van der Waals surface area contributed by atoms with Crippen LogP contribution < -0.4 is 5.32 Å². The van der Waals surface area contributed by atoms with E-state index in [0.717, 1.165) is 30.4 Å². The summed E-state index contributed by atoms with van der Waals surface area (Å²) in [5, 5.41) is 11.8. The van der Waals surface area contributed by atoms with Gasteiger partial charge in [-0.25, -0.2) is 4.79 Å². The van der Waals surface area contributed by atoms with E-state index in [9.17, 15) is 14.4 Å². The molecule has 35 heavy (non-hydrogen) atoms. The zero-order valence-electron chi connectivity index (χ0n) is 20.2. The van der Waals surface area contributed by atoms with Gasteiger partial charge in [0.1, 0.15) is 6.61 Å². The number of nitrogens with one attached hydrogen (secondary N) is 1. The fourth-order valence-corrected chi connectivity index (χ4v) is 5.46. The molecule has 7 heteroatoms. The Balaban J connectivity index is 1.32. The molecule has 2 aliphatic rings. The molecule has 2 N–H and O–H groups in total. The van der Waals surface area contributed by atoms with Crippen LogP contribution in [0.1, 0.15) is 62.5 Å². The lowest BCUT2D eigenvalue weighted by atomic mass is 9.98. The van der Waals surface area contributed by atoms with E-state index in [1.165, 1.54) is 11.1 Å². The van der Waals surface area contributed by atoms with Crippen molar-refractivity contribution >= 4 is 18.0 Å². The van der Waals surface area contributed by atoms with E-state index in [1.54, 1.807) is 4.90 Å². The lowest BCUT2D eigenvalue weighted by Gasteiger charge is -2.28. The number of benzene rings is 2. The number of ether oxygens (including phenoxy) is 1. The predicted octanol–water partition coefficient (Wildman–Crippen LogP) is 4.80. The number of carboxylic acid groups (broad SMARTS) is 1. The van der Waals surface area contributed by atoms with Crippen molar-refractivity contribution in [1.29, 1.82) is 0 Å². The van der Waals surface area contributed by atoms with Gasteiger partial charge in [-0.15, -0.1) is 0 Å². The van der Waals surface area contributed by atoms with Gasteiger partial charge in [-0.2, -0.15) is 0 Å². The molecule has 0 radical (unpaired) electrons. The van der Waals surface area contributed by atoms with Crippen molar-refractivity contribution in [3.8, 4) is 11.1 Å². The number of nitrogens with zero attached hydrogens (tertiary/aromatic N) is 1. The van der Waals surface area contributed by atoms with Gasteiger partial charge in [-0.05, 0) is 54.9 Å². The van der Waals surface area contributed by atoms with Crippen LogP contribution in [0.15, 0.2) is 48.5 Å². The monoisotopic (exact) mass is 478 g/mol. The SMILES string of the molecule is CCN(CCCCC(=O)O)C(=O)[C@H]1CCC[C@H]1NC(=O)OCC1c2ccccc2-c2ccccc21. The summed E-state index contributed by atoms with van der Waals surface area (Å²) in [6.45, 7) is 3.28. The molecule has 0 saturated heterocycles. The average Bonchev–Trinajstić information content (AvgIpc) is 3.44. The van der Waals surface area contributed by atoms with Crippen molar-refractivity contribution in [3.05, 3.63) is 59.7 Å². The van der Waals surface area contributed by atoms with Gasteiger partial charge >= 0.3 is 12.1 Å². The number of carbonyl (C=O) groups excluding carboxylic acids is 2. The number of carbonyl (C=O) groups is 3. The molecule has 4 rings (SSSR count). The van der Waals surface area contributed by atoms with Crippen LogP contribution in [-0.2, 0) is 14.3 Å². The predicted molar refractivity (Wildman–Crippen MR) is 133 cm³/mol. The van der Waals surface area contributed by atoms with Crippen molar-refractivity contribution in [1.82, 2.24) is 10.2 Å². The summed E-state index contributed by atoms with van der Waals surface area (Å²) >= 11 is 0. The summed E-state index contributed by atoms with van der Waals surface area (Å²) in [4.78, 5) is 38.4. The Bertz CT molecular complexity index is 1020. The van der Waals surface area contributed by atoms with Gasteiger partial charge in [-0.3, -0.25) is 9.59 Å². The molecule has 186 valence electrons. The summed E-state index contributed by atoms with van der Waals surface area (Å²) in [6.07, 6.45) is 3.19. The van der Waals surface area contributed by atoms with Gasteiger partial charge in [0.05, 0.1) is 5.92 Å². The van der Waals surface area contributed by atoms with Crippen LogP contribution in [0.2, 0.25) is 0 Å². The van der Waals surface area contributed by atoms with E-state index in [1.807, 2.05) is 31.2 Å². The Morgan fingerprint density at radius 1 is 1.00 bits per heavy atom. The largest absolute Gasteiger partial charge is 0.481 e. The van der Waals surface area contributed by atoms with Gasteiger partial charge in [0.15, 0.2) is 0 Å². The molecule has 0 aromatic heterocycles. The summed E-state index contributed by atoms with van der Waals surface area (Å²) in [6, 6.07) is 16.2. The smallest absolute Gasteiger partial charge is 0.407 e. The molecule has 7 nitrogen and oxygen atoms in total. The molecule has 2 amide bonds. The number of hydrogen-bond acceptors (Lipinski definition) is 4. The Morgan fingerprint density at radius 2 is 1.66 bits per heavy atom. The van der Waals surface area contributed by atoms with E-state index >= 15 is 0 Å². The van der Waals surface area contributed by atoms with Crippen molar-refractivity contribution < 1.29 is 24.2 Å². The minimum absolute atomic E-state index is 0.00413. The Labute approximate surface area is 206 Å². The van der Waals surface area contributed by atoms with Crippen LogP contribution in [0, 0.1) is 5.92 Å². The fourth-order valence-electron chi connectivity index (χ4n) is 5.46. The first-order chi connectivity index (χ1) is 17.0. The second-order valence-corrected chi connectivity index (χ2v) is 9.38. The summed E-state index contributed by atoms with van der Waals surface area (Å²) < 4.78 is 5.69. The highest BCUT2D eigenvalue weighted by atomic mass is 16.5. The van der Waals surface area contributed by atoms with Gasteiger partial charge in [0, 0.05) is 31.5 Å². The topological polar surface area (TPSA) is 95.9 Å². The molecule has 0 unspecified atom stereocenters. The summed E-state index contributed by atoms with van der Waals surface area (Å²) in [7, 11) is 0. The maximum atomic E-state index is 13.2. The van der Waals surface area contributed by atoms with Crippen LogP contribution in [0.5, 0.6) is 0 Å². The second-order valence-electron chi connectivity index (χ2n) is 9.38. The van der Waals surface area contributed by atoms with Crippen LogP contribution in [0.25, 0.3) is 11.1 Å². The molecule has 2 aromatic carbocycles. The number of fused-ring (bicyclic) bond motifs is 3. The Kier molecular flexibility index (Phi) is 8.06. The lowest BCUT2D eigenvalue weighted by Crippen LogP contribution is -2.46. The van der Waals surface area contributed by atoms with E-state index in [-0.39, 0.29) is 36.8 Å². The van der Waals surface area contributed by atoms with Crippen LogP contribution in [0.3, 0.4) is 0 Å². The standard InChI is InChI=1S/C28H34N2O5/c1-2-30(17-8-7-16-26(31)32)27(33)23-14-9-15-25(23)29-28(34)35-18-24-21-12-5-3-10-19(21)20-11-4-6-13-22(20)24/h3-6,10-13,23-25H,2,7-9,14-18H2,1H3,(H,29,34)(H,31,32)/t23-,25+/m0/s1. The highest BCUT2D eigenvalue weighted by Crippen LogP contribution is 2.44. The average molecular weight is 479 g/mol. The molecule has 1 fully saturated rings. The number of rotatable bonds is 10. The van der Waals surface area contributed by atoms with Crippen molar-refractivity contribution in [2.45, 2.75) is 57.4 Å². The first-order valence-electron chi connectivity index (χ1n) is 12.6. The highest BCUT2D eigenvalue weighted by Gasteiger charge is 2.37. The maximum absolute atomic E-state index is 13.2. The van der Waals surface area contributed by atoms with Gasteiger partial charge < -0.3 is 20.1 Å². The molecule has 0 bridgehead atoms. The normalized spacial score (nSPS) is 18.5. The number of amides is 2. The highest BCUT2D eigenvalue weighted by molar-refractivity contribution is 5.81. The third-order valence-corrected chi connectivity index (χ3v) is 7.24. The molecule has 0 heterocycles. The Morgan fingerprint density at radius 3 is 2.29 bits per heavy atom. The first kappa shape index (κ1) is 24.8. The molecule has 2 aromatic rings. The molecule has 2 atom stereocenters. The fraction of sp³-hybridized carbons (Fsp3) is 0.464. The molecule has 0 aliphatic heterocycles. The minimum Gasteiger partial charge on any atom is -0.481 e. The summed E-state index contributed by atoms with van der Waals surface area (Å²) in [5.74, 6) is -1.06. The maximum Gasteiger partial charge on any atom is 0.407 e. The third-order valence-electron chi connectivity index (χ3n) is 7.24. The van der Waals surface area contributed by atoms with Gasteiger partial charge in [0.2, 0.25) is 5.91 Å². The first-order valence-corrected chi connectivity index (χ1v) is 12.6. The zero-order valence-corrected chi connectivity index (χ0v) is 20.2. The zero-order chi connectivity index (χ0) is 24.8. The van der Waals surface area contributed by atoms with Crippen LogP contribution in [0.4, 0.5) is 4.79 Å². The Hall–Kier alpha value is -3.35. The summed E-state index contributed by atoms with van der Waals surface area (Å²) in [5.41, 5.74) is 4.69. The minimum atomic E-state index is -0.817. The number of hydrogen-bond donors (Lipinski definition) is 2. The lowest BCUT2D eigenvalue weighted by molar-refractivity contribution is -0.137. The van der Waals surface area contributed by atoms with Crippen molar-refractivity contribution in [2.75, 3.05) is 19.7 Å². The van der Waals surface area contributed by atoms with E-state index in [0.29, 0.717) is 25.9 Å². The number of alkyl carbamates (subject to hydrolysis) is 1. The van der Waals surface area contributed by atoms with Crippen LogP contribution in [-0.4, -0.2) is 53.7 Å². The molecular weight excluding hydrogens is 444 g/mol. The number of unbranched alkanes of at least 4 members (excludes halogenated alkanes) is 1. The molecule has 2 aliphatic carbocycles. The number of carboxylic acids is 1. The molecule has 0 spiro atoms. The quantitative estimate of drug-likeness (QED) is 0.479. The van der Waals surface area contributed by atoms with Crippen molar-refractivity contribution in [2.24, 2.45) is 5.92 Å². The van der Waals surface area contributed by atoms with E-state index < -0.39 is 12.1 Å². The second kappa shape index (κ2) is 11.4. The number of aliphatic carboxylic acids is 1.